The molecule has 5 N–H and O–H groups in total. The van der Waals surface area contributed by atoms with Crippen LogP contribution >= 0.6 is 24.8 Å². The molecule has 4 aromatic rings. The number of nitrogen functional groups attached to an aromatic ring is 2. The van der Waals surface area contributed by atoms with Gasteiger partial charge in [-0.2, -0.15) is 4.98 Å². The van der Waals surface area contributed by atoms with E-state index in [1.165, 1.54) is 13.3 Å². The molecule has 13 heteroatoms. The number of aryl methyl sites for hydroxylation is 1. The van der Waals surface area contributed by atoms with E-state index in [0.29, 0.717) is 30.0 Å². The third kappa shape index (κ3) is 5.02. The van der Waals surface area contributed by atoms with Gasteiger partial charge in [0.2, 0.25) is 11.4 Å². The van der Waals surface area contributed by atoms with Crippen molar-refractivity contribution in [1.29, 1.82) is 0 Å². The molecule has 5 rings (SSSR count). The lowest BCUT2D eigenvalue weighted by atomic mass is 9.97. The highest BCUT2D eigenvalue weighted by Gasteiger charge is 2.26. The Labute approximate surface area is 235 Å². The zero-order valence-corrected chi connectivity index (χ0v) is 22.7. The standard InChI is InChI=1S/C26H25FN6O4.2ClH/c1-3-32-12-17(25(35)36)22(34)16-9-18(27)20(23(37-2)21(16)32)14-4-5-19-13(8-14)6-7-33(19)11-15-10-30-26(29)31-24(15)28;;/h4-5,8-10,12H,3,6-7,11H2,1-2H3,(H,35,36)(H4,28,29,30,31);2*1H. The quantitative estimate of drug-likeness (QED) is 0.310. The molecule has 0 aliphatic carbocycles. The molecule has 0 fully saturated rings. The van der Waals surface area contributed by atoms with Gasteiger partial charge in [0.25, 0.3) is 0 Å². The fraction of sp³-hybridized carbons (Fsp3) is 0.231. The van der Waals surface area contributed by atoms with Gasteiger partial charge >= 0.3 is 5.97 Å². The van der Waals surface area contributed by atoms with Gasteiger partial charge in [0, 0.05) is 43.3 Å². The highest BCUT2D eigenvalue weighted by atomic mass is 35.5. The molecule has 1 aliphatic rings. The number of carboxylic acid groups (broad SMARTS) is 1. The molecule has 2 aromatic carbocycles. The van der Waals surface area contributed by atoms with Crippen molar-refractivity contribution in [3.05, 3.63) is 69.4 Å². The molecule has 3 heterocycles. The molecule has 2 aromatic heterocycles. The number of carbonyl (C=O) groups is 1. The summed E-state index contributed by atoms with van der Waals surface area (Å²) in [5, 5.41) is 9.40. The van der Waals surface area contributed by atoms with Crippen molar-refractivity contribution in [2.24, 2.45) is 0 Å². The third-order valence-corrected chi connectivity index (χ3v) is 6.68. The van der Waals surface area contributed by atoms with Crippen molar-refractivity contribution in [2.45, 2.75) is 26.4 Å². The number of aromatic carboxylic acids is 1. The maximum Gasteiger partial charge on any atom is 0.341 e. The van der Waals surface area contributed by atoms with Crippen LogP contribution < -0.4 is 26.5 Å². The summed E-state index contributed by atoms with van der Waals surface area (Å²) in [5.41, 5.74) is 14.3. The first-order chi connectivity index (χ1) is 17.7. The number of carboxylic acids is 1. The van der Waals surface area contributed by atoms with Crippen LogP contribution in [-0.4, -0.2) is 39.3 Å². The van der Waals surface area contributed by atoms with Crippen molar-refractivity contribution >= 4 is 59.1 Å². The molecule has 0 spiro atoms. The minimum atomic E-state index is -1.37. The van der Waals surface area contributed by atoms with E-state index in [-0.39, 0.29) is 47.5 Å². The van der Waals surface area contributed by atoms with E-state index in [4.69, 9.17) is 16.2 Å². The third-order valence-electron chi connectivity index (χ3n) is 6.68. The molecule has 1 aliphatic heterocycles. The lowest BCUT2D eigenvalue weighted by Crippen LogP contribution is -2.21. The van der Waals surface area contributed by atoms with E-state index in [9.17, 15) is 14.7 Å². The summed E-state index contributed by atoms with van der Waals surface area (Å²) in [6, 6.07) is 6.71. The number of benzene rings is 2. The molecule has 39 heavy (non-hydrogen) atoms. The van der Waals surface area contributed by atoms with Gasteiger partial charge < -0.3 is 30.8 Å². The zero-order chi connectivity index (χ0) is 26.4. The Bertz CT molecular complexity index is 1650. The van der Waals surface area contributed by atoms with Gasteiger partial charge in [-0.15, -0.1) is 24.8 Å². The molecular weight excluding hydrogens is 550 g/mol. The van der Waals surface area contributed by atoms with E-state index in [0.717, 1.165) is 35.8 Å². The fourth-order valence-electron chi connectivity index (χ4n) is 4.92. The van der Waals surface area contributed by atoms with Crippen LogP contribution in [0.1, 0.15) is 28.4 Å². The van der Waals surface area contributed by atoms with Crippen LogP contribution in [0.25, 0.3) is 22.0 Å². The molecular formula is C26H27Cl2FN6O4. The average molecular weight is 577 g/mol. The van der Waals surface area contributed by atoms with Crippen molar-refractivity contribution in [3.8, 4) is 16.9 Å². The van der Waals surface area contributed by atoms with Crippen LogP contribution in [0.3, 0.4) is 0 Å². The molecule has 0 saturated heterocycles. The van der Waals surface area contributed by atoms with Gasteiger partial charge in [-0.1, -0.05) is 6.07 Å². The Hall–Kier alpha value is -4.09. The first-order valence-electron chi connectivity index (χ1n) is 11.7. The SMILES string of the molecule is CCn1cc(C(=O)O)c(=O)c2cc(F)c(-c3ccc4c(c3)CCN4Cc3cnc(N)nc3N)c(OC)c21.Cl.Cl. The molecule has 0 atom stereocenters. The Morgan fingerprint density at radius 2 is 1.97 bits per heavy atom. The highest BCUT2D eigenvalue weighted by molar-refractivity contribution is 5.98. The van der Waals surface area contributed by atoms with E-state index in [1.807, 2.05) is 12.1 Å². The second kappa shape index (κ2) is 11.3. The fourth-order valence-corrected chi connectivity index (χ4v) is 4.92. The Morgan fingerprint density at radius 1 is 1.23 bits per heavy atom. The number of aromatic nitrogens is 3. The zero-order valence-electron chi connectivity index (χ0n) is 21.1. The molecule has 0 amide bonds. The molecule has 0 radical (unpaired) electrons. The number of rotatable bonds is 6. The minimum absolute atomic E-state index is 0. The smallest absolute Gasteiger partial charge is 0.341 e. The van der Waals surface area contributed by atoms with Gasteiger partial charge in [0.1, 0.15) is 17.2 Å². The monoisotopic (exact) mass is 576 g/mol. The molecule has 10 nitrogen and oxygen atoms in total. The summed E-state index contributed by atoms with van der Waals surface area (Å²) in [6.45, 7) is 3.39. The van der Waals surface area contributed by atoms with E-state index in [1.54, 1.807) is 23.8 Å². The predicted molar refractivity (Wildman–Crippen MR) is 153 cm³/mol. The summed E-state index contributed by atoms with van der Waals surface area (Å²) >= 11 is 0. The number of fused-ring (bicyclic) bond motifs is 2. The molecule has 0 bridgehead atoms. The second-order valence-electron chi connectivity index (χ2n) is 8.78. The number of hydrogen-bond acceptors (Lipinski definition) is 8. The highest BCUT2D eigenvalue weighted by Crippen LogP contribution is 2.41. The van der Waals surface area contributed by atoms with Crippen LogP contribution in [0.15, 0.2) is 41.5 Å². The number of ether oxygens (including phenoxy) is 1. The normalized spacial score (nSPS) is 12.0. The van der Waals surface area contributed by atoms with Crippen molar-refractivity contribution in [3.63, 3.8) is 0 Å². The van der Waals surface area contributed by atoms with Gasteiger partial charge in [0.05, 0.1) is 23.6 Å². The summed E-state index contributed by atoms with van der Waals surface area (Å²) in [4.78, 5) is 34.6. The van der Waals surface area contributed by atoms with Crippen molar-refractivity contribution in [2.75, 3.05) is 30.0 Å². The largest absolute Gasteiger partial charge is 0.494 e. The summed E-state index contributed by atoms with van der Waals surface area (Å²) in [6.07, 6.45) is 3.62. The van der Waals surface area contributed by atoms with Gasteiger partial charge in [-0.3, -0.25) is 4.79 Å². The molecule has 0 saturated carbocycles. The summed E-state index contributed by atoms with van der Waals surface area (Å²) < 4.78 is 22.8. The van der Waals surface area contributed by atoms with Crippen LogP contribution in [0.4, 0.5) is 21.8 Å². The van der Waals surface area contributed by atoms with Gasteiger partial charge in [-0.25, -0.2) is 14.2 Å². The Morgan fingerprint density at radius 3 is 2.62 bits per heavy atom. The number of halogens is 3. The van der Waals surface area contributed by atoms with Crippen LogP contribution in [-0.2, 0) is 19.5 Å². The lowest BCUT2D eigenvalue weighted by Gasteiger charge is -2.21. The predicted octanol–water partition coefficient (Wildman–Crippen LogP) is 3.90. The number of hydrogen-bond donors (Lipinski definition) is 3. The van der Waals surface area contributed by atoms with E-state index in [2.05, 4.69) is 14.9 Å². The molecule has 206 valence electrons. The first-order valence-corrected chi connectivity index (χ1v) is 11.7. The summed E-state index contributed by atoms with van der Waals surface area (Å²) in [7, 11) is 1.40. The first kappa shape index (κ1) is 29.5. The van der Waals surface area contributed by atoms with Crippen molar-refractivity contribution < 1.29 is 19.0 Å². The van der Waals surface area contributed by atoms with Gasteiger partial charge in [-0.05, 0) is 42.7 Å². The second-order valence-corrected chi connectivity index (χ2v) is 8.78. The Balaban J connectivity index is 0.00000210. The lowest BCUT2D eigenvalue weighted by molar-refractivity contribution is 0.0694. The maximum absolute atomic E-state index is 15.6. The van der Waals surface area contributed by atoms with E-state index < -0.39 is 22.8 Å². The van der Waals surface area contributed by atoms with Crippen molar-refractivity contribution in [1.82, 2.24) is 14.5 Å². The minimum Gasteiger partial charge on any atom is -0.494 e. The number of nitrogens with two attached hydrogens (primary N) is 2. The number of anilines is 3. The number of methoxy groups -OCH3 is 1. The van der Waals surface area contributed by atoms with E-state index >= 15 is 4.39 Å². The maximum atomic E-state index is 15.6. The van der Waals surface area contributed by atoms with Crippen LogP contribution in [0.5, 0.6) is 5.75 Å². The topological polar surface area (TPSA) is 150 Å². The number of nitrogens with zero attached hydrogens (tertiary/aromatic N) is 4. The Kier molecular flexibility index (Phi) is 8.57. The van der Waals surface area contributed by atoms with Crippen LogP contribution in [0.2, 0.25) is 0 Å². The van der Waals surface area contributed by atoms with Gasteiger partial charge in [0.15, 0.2) is 5.75 Å². The number of pyridine rings is 1. The van der Waals surface area contributed by atoms with Crippen LogP contribution in [0, 0.1) is 5.82 Å². The average Bonchev–Trinajstić information content (AvgIpc) is 3.27. The molecule has 0 unspecified atom stereocenters. The summed E-state index contributed by atoms with van der Waals surface area (Å²) in [5.74, 6) is -1.42.